The van der Waals surface area contributed by atoms with Crippen LogP contribution in [0, 0.1) is 0 Å². The minimum Gasteiger partial charge on any atom is -0.478 e. The minimum atomic E-state index is -1.21. The highest BCUT2D eigenvalue weighted by molar-refractivity contribution is 6.03. The number of carboxylic acids is 2. The average molecular weight is 415 g/mol. The number of carbonyl (C=O) groups is 2. The monoisotopic (exact) mass is 414 g/mol. The minimum absolute atomic E-state index is 0.0996. The van der Waals surface area contributed by atoms with Gasteiger partial charge in [0, 0.05) is 0 Å². The lowest BCUT2D eigenvalue weighted by Gasteiger charge is -2.32. The highest BCUT2D eigenvalue weighted by Gasteiger charge is 2.33. The van der Waals surface area contributed by atoms with Gasteiger partial charge < -0.3 is 15.3 Å². The molecule has 164 valence electrons. The van der Waals surface area contributed by atoms with E-state index < -0.39 is 23.0 Å². The van der Waals surface area contributed by atoms with Crippen molar-refractivity contribution < 1.29 is 24.9 Å². The largest absolute Gasteiger partial charge is 0.478 e. The third-order valence-corrected chi connectivity index (χ3v) is 4.69. The summed E-state index contributed by atoms with van der Waals surface area (Å²) in [5.41, 5.74) is 0.736. The smallest absolute Gasteiger partial charge is 0.336 e. The third kappa shape index (κ3) is 6.42. The Balaban J connectivity index is 0.000000375. The van der Waals surface area contributed by atoms with Crippen LogP contribution in [0.2, 0.25) is 0 Å². The van der Waals surface area contributed by atoms with Crippen LogP contribution < -0.4 is 0 Å². The Morgan fingerprint density at radius 3 is 1.50 bits per heavy atom. The molecule has 3 N–H and O–H groups in total. The second-order valence-electron chi connectivity index (χ2n) is 9.95. The molecule has 5 nitrogen and oxygen atoms in total. The highest BCUT2D eigenvalue weighted by atomic mass is 16.4. The molecule has 0 atom stereocenters. The predicted molar refractivity (Wildman–Crippen MR) is 119 cm³/mol. The van der Waals surface area contributed by atoms with Crippen LogP contribution in [0.15, 0.2) is 42.5 Å². The molecule has 0 radical (unpaired) electrons. The molecule has 0 aliphatic rings. The van der Waals surface area contributed by atoms with Crippen LogP contribution in [-0.4, -0.2) is 27.3 Å². The van der Waals surface area contributed by atoms with E-state index in [2.05, 4.69) is 0 Å². The quantitative estimate of drug-likeness (QED) is 0.608. The Morgan fingerprint density at radius 2 is 1.20 bits per heavy atom. The van der Waals surface area contributed by atoms with Crippen LogP contribution in [-0.2, 0) is 16.4 Å². The molecule has 2 aromatic carbocycles. The van der Waals surface area contributed by atoms with Crippen molar-refractivity contribution in [3.05, 3.63) is 70.3 Å². The molecule has 0 heterocycles. The fraction of sp³-hybridized carbons (Fsp3) is 0.440. The molecule has 2 rings (SSSR count). The standard InChI is InChI=1S/C16H22O4.C9H12O/c1-15(2,3)10-8-7-9(13(17)18)11(14(19)20)12(10)16(4,5)6;1-9(2,10)8-6-4-3-5-7-8/h7-8H,1-6H3,(H,17,18)(H,19,20);3-7,10H,1-2H3. The van der Waals surface area contributed by atoms with Gasteiger partial charge in [0.1, 0.15) is 0 Å². The van der Waals surface area contributed by atoms with Crippen molar-refractivity contribution in [1.29, 1.82) is 0 Å². The van der Waals surface area contributed by atoms with Crippen LogP contribution in [0.5, 0.6) is 0 Å². The second kappa shape index (κ2) is 9.00. The zero-order valence-electron chi connectivity index (χ0n) is 19.2. The van der Waals surface area contributed by atoms with E-state index in [1.54, 1.807) is 19.9 Å². The Hall–Kier alpha value is -2.66. The molecule has 0 bridgehead atoms. The van der Waals surface area contributed by atoms with E-state index >= 15 is 0 Å². The number of benzene rings is 2. The summed E-state index contributed by atoms with van der Waals surface area (Å²) in [4.78, 5) is 22.9. The summed E-state index contributed by atoms with van der Waals surface area (Å²) in [6, 6.07) is 12.7. The van der Waals surface area contributed by atoms with E-state index in [9.17, 15) is 24.9 Å². The second-order valence-corrected chi connectivity index (χ2v) is 9.95. The summed E-state index contributed by atoms with van der Waals surface area (Å²) in [7, 11) is 0. The van der Waals surface area contributed by atoms with E-state index in [1.807, 2.05) is 71.9 Å². The molecule has 0 aliphatic heterocycles. The predicted octanol–water partition coefficient (Wildman–Crippen LogP) is 5.59. The fourth-order valence-electron chi connectivity index (χ4n) is 3.25. The summed E-state index contributed by atoms with van der Waals surface area (Å²) in [6.45, 7) is 15.2. The lowest BCUT2D eigenvalue weighted by Crippen LogP contribution is -2.27. The summed E-state index contributed by atoms with van der Waals surface area (Å²) in [6.07, 6.45) is 0. The Morgan fingerprint density at radius 1 is 0.700 bits per heavy atom. The first-order valence-electron chi connectivity index (χ1n) is 9.90. The highest BCUT2D eigenvalue weighted by Crippen LogP contribution is 2.37. The number of hydrogen-bond acceptors (Lipinski definition) is 3. The number of aliphatic hydroxyl groups is 1. The fourth-order valence-corrected chi connectivity index (χ4v) is 3.25. The van der Waals surface area contributed by atoms with Gasteiger partial charge >= 0.3 is 11.9 Å². The molecule has 0 aromatic heterocycles. The zero-order valence-corrected chi connectivity index (χ0v) is 19.2. The molecule has 2 aromatic rings. The van der Waals surface area contributed by atoms with Crippen molar-refractivity contribution in [2.24, 2.45) is 0 Å². The van der Waals surface area contributed by atoms with Gasteiger partial charge in [0.15, 0.2) is 0 Å². The molecule has 0 fully saturated rings. The maximum atomic E-state index is 11.6. The van der Waals surface area contributed by atoms with Gasteiger partial charge in [0.25, 0.3) is 0 Å². The maximum Gasteiger partial charge on any atom is 0.336 e. The van der Waals surface area contributed by atoms with Gasteiger partial charge in [-0.05, 0) is 47.4 Å². The SMILES string of the molecule is CC(C)(C)c1ccc(C(=O)O)c(C(=O)O)c1C(C)(C)C.CC(C)(O)c1ccccc1. The zero-order chi connectivity index (χ0) is 23.5. The maximum absolute atomic E-state index is 11.6. The molecule has 0 aliphatic carbocycles. The van der Waals surface area contributed by atoms with Crippen LogP contribution in [0.1, 0.15) is 92.8 Å². The van der Waals surface area contributed by atoms with Crippen molar-refractivity contribution in [3.8, 4) is 0 Å². The molecule has 0 saturated carbocycles. The number of rotatable bonds is 3. The van der Waals surface area contributed by atoms with Gasteiger partial charge in [0.2, 0.25) is 0 Å². The van der Waals surface area contributed by atoms with Crippen molar-refractivity contribution in [1.82, 2.24) is 0 Å². The van der Waals surface area contributed by atoms with Crippen LogP contribution in [0.4, 0.5) is 0 Å². The summed E-state index contributed by atoms with van der Waals surface area (Å²) >= 11 is 0. The number of aromatic carboxylic acids is 2. The van der Waals surface area contributed by atoms with Crippen LogP contribution in [0.3, 0.4) is 0 Å². The van der Waals surface area contributed by atoms with Gasteiger partial charge in [-0.1, -0.05) is 77.9 Å². The average Bonchev–Trinajstić information content (AvgIpc) is 2.59. The van der Waals surface area contributed by atoms with Gasteiger partial charge in [-0.2, -0.15) is 0 Å². The Bertz CT molecular complexity index is 892. The molecule has 0 spiro atoms. The first-order chi connectivity index (χ1) is 13.5. The van der Waals surface area contributed by atoms with Crippen molar-refractivity contribution in [2.75, 3.05) is 0 Å². The van der Waals surface area contributed by atoms with Crippen LogP contribution in [0.25, 0.3) is 0 Å². The normalized spacial score (nSPS) is 12.0. The van der Waals surface area contributed by atoms with Gasteiger partial charge in [-0.15, -0.1) is 0 Å². The van der Waals surface area contributed by atoms with Gasteiger partial charge in [0.05, 0.1) is 16.7 Å². The van der Waals surface area contributed by atoms with E-state index in [-0.39, 0.29) is 16.5 Å². The lowest BCUT2D eigenvalue weighted by molar-refractivity contribution is 0.0649. The molecule has 0 amide bonds. The van der Waals surface area contributed by atoms with Crippen LogP contribution >= 0.6 is 0 Å². The summed E-state index contributed by atoms with van der Waals surface area (Å²) in [5.74, 6) is -2.41. The summed E-state index contributed by atoms with van der Waals surface area (Å²) < 4.78 is 0. The van der Waals surface area contributed by atoms with Gasteiger partial charge in [-0.25, -0.2) is 9.59 Å². The van der Waals surface area contributed by atoms with E-state index in [0.717, 1.165) is 11.1 Å². The lowest BCUT2D eigenvalue weighted by atomic mass is 9.72. The first-order valence-corrected chi connectivity index (χ1v) is 9.90. The molecule has 0 saturated heterocycles. The molecular formula is C25H34O5. The van der Waals surface area contributed by atoms with Crippen molar-refractivity contribution in [3.63, 3.8) is 0 Å². The Labute approximate surface area is 179 Å². The molecule has 5 heteroatoms. The first kappa shape index (κ1) is 25.4. The van der Waals surface area contributed by atoms with Crippen molar-refractivity contribution >= 4 is 11.9 Å². The third-order valence-electron chi connectivity index (χ3n) is 4.69. The number of carboxylic acid groups (broad SMARTS) is 2. The van der Waals surface area contributed by atoms with E-state index in [1.165, 1.54) is 6.07 Å². The van der Waals surface area contributed by atoms with Gasteiger partial charge in [-0.3, -0.25) is 0 Å². The number of hydrogen-bond donors (Lipinski definition) is 3. The summed E-state index contributed by atoms with van der Waals surface area (Å²) in [5, 5.41) is 28.2. The molecule has 0 unspecified atom stereocenters. The van der Waals surface area contributed by atoms with E-state index in [4.69, 9.17) is 0 Å². The topological polar surface area (TPSA) is 94.8 Å². The van der Waals surface area contributed by atoms with Crippen molar-refractivity contribution in [2.45, 2.75) is 71.8 Å². The van der Waals surface area contributed by atoms with E-state index in [0.29, 0.717) is 5.56 Å². The molecular weight excluding hydrogens is 380 g/mol. The molecule has 30 heavy (non-hydrogen) atoms. The Kier molecular flexibility index (Phi) is 7.62.